The third-order valence-electron chi connectivity index (χ3n) is 4.42. The van der Waals surface area contributed by atoms with Crippen molar-refractivity contribution in [3.63, 3.8) is 0 Å². The molecule has 2 N–H and O–H groups in total. The van der Waals surface area contributed by atoms with Crippen molar-refractivity contribution in [1.29, 1.82) is 0 Å². The molecule has 0 saturated carbocycles. The SMILES string of the molecule is COc1ccc(-c2nc3cc(NC(=S)NC(=O)CSc4ccc(Cl)cc4)ccc3o2)cc1. The minimum absolute atomic E-state index is 0.202. The number of hydrogen-bond donors (Lipinski definition) is 2. The molecule has 0 aliphatic carbocycles. The van der Waals surface area contributed by atoms with Gasteiger partial charge in [-0.15, -0.1) is 11.8 Å². The number of thiocarbonyl (C=S) groups is 1. The third-order valence-corrected chi connectivity index (χ3v) is 5.89. The van der Waals surface area contributed by atoms with Crippen LogP contribution in [0.1, 0.15) is 0 Å². The minimum atomic E-state index is -0.202. The zero-order valence-electron chi connectivity index (χ0n) is 16.9. The van der Waals surface area contributed by atoms with Crippen molar-refractivity contribution in [2.24, 2.45) is 0 Å². The highest BCUT2D eigenvalue weighted by Crippen LogP contribution is 2.27. The summed E-state index contributed by atoms with van der Waals surface area (Å²) in [7, 11) is 1.62. The van der Waals surface area contributed by atoms with Crippen molar-refractivity contribution in [2.75, 3.05) is 18.2 Å². The molecular formula is C23H18ClN3O3S2. The number of methoxy groups -OCH3 is 1. The molecule has 0 bridgehead atoms. The van der Waals surface area contributed by atoms with Gasteiger partial charge in [-0.05, 0) is 78.9 Å². The molecule has 0 aliphatic rings. The van der Waals surface area contributed by atoms with E-state index in [0.29, 0.717) is 27.7 Å². The molecule has 0 fully saturated rings. The number of nitrogens with zero attached hydrogens (tertiary/aromatic N) is 1. The van der Waals surface area contributed by atoms with Gasteiger partial charge in [0.05, 0.1) is 12.9 Å². The molecule has 0 aliphatic heterocycles. The highest BCUT2D eigenvalue weighted by Gasteiger charge is 2.11. The zero-order valence-corrected chi connectivity index (χ0v) is 19.3. The van der Waals surface area contributed by atoms with Crippen molar-refractivity contribution in [3.8, 4) is 17.2 Å². The average Bonchev–Trinajstić information content (AvgIpc) is 3.22. The van der Waals surface area contributed by atoms with Gasteiger partial charge in [0.25, 0.3) is 0 Å². The van der Waals surface area contributed by atoms with E-state index in [4.69, 9.17) is 33.0 Å². The van der Waals surface area contributed by atoms with Crippen molar-refractivity contribution in [3.05, 3.63) is 71.8 Å². The van der Waals surface area contributed by atoms with Crippen LogP contribution in [0.15, 0.2) is 76.0 Å². The summed E-state index contributed by atoms with van der Waals surface area (Å²) in [6, 6.07) is 20.2. The van der Waals surface area contributed by atoms with Crippen LogP contribution in [0.3, 0.4) is 0 Å². The number of benzene rings is 3. The lowest BCUT2D eigenvalue weighted by atomic mass is 10.2. The maximum absolute atomic E-state index is 12.2. The molecule has 4 aromatic rings. The number of thioether (sulfide) groups is 1. The van der Waals surface area contributed by atoms with Gasteiger partial charge in [-0.3, -0.25) is 4.79 Å². The predicted octanol–water partition coefficient (Wildman–Crippen LogP) is 5.76. The van der Waals surface area contributed by atoms with Gasteiger partial charge in [0, 0.05) is 21.2 Å². The predicted molar refractivity (Wildman–Crippen MR) is 133 cm³/mol. The number of halogens is 1. The zero-order chi connectivity index (χ0) is 22.5. The average molecular weight is 484 g/mol. The van der Waals surface area contributed by atoms with Crippen LogP contribution in [0.4, 0.5) is 5.69 Å². The first-order valence-corrected chi connectivity index (χ1v) is 11.3. The number of fused-ring (bicyclic) bond motifs is 1. The Balaban J connectivity index is 1.36. The van der Waals surface area contributed by atoms with Gasteiger partial charge in [0.15, 0.2) is 10.7 Å². The topological polar surface area (TPSA) is 76.4 Å². The highest BCUT2D eigenvalue weighted by molar-refractivity contribution is 8.00. The second-order valence-electron chi connectivity index (χ2n) is 6.67. The van der Waals surface area contributed by atoms with Crippen LogP contribution in [0.2, 0.25) is 5.02 Å². The Morgan fingerprint density at radius 1 is 1.12 bits per heavy atom. The second kappa shape index (κ2) is 10.0. The van der Waals surface area contributed by atoms with Crippen molar-refractivity contribution >= 4 is 63.4 Å². The van der Waals surface area contributed by atoms with E-state index >= 15 is 0 Å². The van der Waals surface area contributed by atoms with Crippen LogP contribution in [-0.4, -0.2) is 28.9 Å². The number of ether oxygens (including phenoxy) is 1. The fourth-order valence-electron chi connectivity index (χ4n) is 2.87. The molecule has 162 valence electrons. The van der Waals surface area contributed by atoms with E-state index in [2.05, 4.69) is 15.6 Å². The van der Waals surface area contributed by atoms with Crippen LogP contribution in [0.25, 0.3) is 22.6 Å². The van der Waals surface area contributed by atoms with E-state index in [-0.39, 0.29) is 16.8 Å². The fraction of sp³-hybridized carbons (Fsp3) is 0.0870. The molecule has 3 aromatic carbocycles. The van der Waals surface area contributed by atoms with Gasteiger partial charge < -0.3 is 19.8 Å². The Bertz CT molecular complexity index is 1260. The summed E-state index contributed by atoms with van der Waals surface area (Å²) < 4.78 is 11.0. The van der Waals surface area contributed by atoms with Gasteiger partial charge in [-0.25, -0.2) is 4.98 Å². The first kappa shape index (κ1) is 22.1. The number of nitrogens with one attached hydrogen (secondary N) is 2. The number of carbonyl (C=O) groups excluding carboxylic acids is 1. The molecule has 1 amide bonds. The molecule has 9 heteroatoms. The molecule has 0 spiro atoms. The van der Waals surface area contributed by atoms with Gasteiger partial charge >= 0.3 is 0 Å². The van der Waals surface area contributed by atoms with E-state index in [1.54, 1.807) is 25.3 Å². The monoisotopic (exact) mass is 483 g/mol. The summed E-state index contributed by atoms with van der Waals surface area (Å²) in [4.78, 5) is 17.7. The molecule has 0 radical (unpaired) electrons. The summed E-state index contributed by atoms with van der Waals surface area (Å²) >= 11 is 12.5. The number of carbonyl (C=O) groups is 1. The Kier molecular flexibility index (Phi) is 6.94. The van der Waals surface area contributed by atoms with Gasteiger partial charge in [-0.1, -0.05) is 11.6 Å². The summed E-state index contributed by atoms with van der Waals surface area (Å²) in [6.45, 7) is 0. The van der Waals surface area contributed by atoms with Crippen LogP contribution < -0.4 is 15.4 Å². The second-order valence-corrected chi connectivity index (χ2v) is 8.57. The third kappa shape index (κ3) is 5.59. The molecule has 0 saturated heterocycles. The minimum Gasteiger partial charge on any atom is -0.497 e. The maximum atomic E-state index is 12.2. The normalized spacial score (nSPS) is 10.7. The molecular weight excluding hydrogens is 466 g/mol. The standard InChI is InChI=1S/C23H18ClN3O3S2/c1-29-17-7-2-14(3-8-17)22-26-19-12-16(6-11-20(19)30-22)25-23(31)27-21(28)13-32-18-9-4-15(24)5-10-18/h2-12H,13H2,1H3,(H2,25,27,28,31). The van der Waals surface area contributed by atoms with E-state index in [1.165, 1.54) is 11.8 Å². The first-order chi connectivity index (χ1) is 15.5. The summed E-state index contributed by atoms with van der Waals surface area (Å²) in [5.41, 5.74) is 2.86. The Morgan fingerprint density at radius 3 is 2.59 bits per heavy atom. The van der Waals surface area contributed by atoms with Crippen molar-refractivity contribution < 1.29 is 13.9 Å². The number of amides is 1. The molecule has 1 heterocycles. The number of rotatable bonds is 6. The van der Waals surface area contributed by atoms with Crippen molar-refractivity contribution in [2.45, 2.75) is 4.90 Å². The summed E-state index contributed by atoms with van der Waals surface area (Å²) in [5, 5.41) is 6.56. The Morgan fingerprint density at radius 2 is 1.88 bits per heavy atom. The fourth-order valence-corrected chi connectivity index (χ4v) is 3.92. The Hall–Kier alpha value is -3.07. The number of anilines is 1. The highest BCUT2D eigenvalue weighted by atomic mass is 35.5. The lowest BCUT2D eigenvalue weighted by molar-refractivity contribution is -0.117. The van der Waals surface area contributed by atoms with Crippen molar-refractivity contribution in [1.82, 2.24) is 10.3 Å². The number of aromatic nitrogens is 1. The number of hydrogen-bond acceptors (Lipinski definition) is 6. The van der Waals surface area contributed by atoms with E-state index < -0.39 is 0 Å². The lowest BCUT2D eigenvalue weighted by Crippen LogP contribution is -2.35. The van der Waals surface area contributed by atoms with Crippen LogP contribution in [0.5, 0.6) is 5.75 Å². The molecule has 6 nitrogen and oxygen atoms in total. The summed E-state index contributed by atoms with van der Waals surface area (Å²) in [5.74, 6) is 1.30. The molecule has 0 atom stereocenters. The van der Waals surface area contributed by atoms with Crippen LogP contribution in [0, 0.1) is 0 Å². The summed E-state index contributed by atoms with van der Waals surface area (Å²) in [6.07, 6.45) is 0. The van der Waals surface area contributed by atoms with E-state index in [9.17, 15) is 4.79 Å². The van der Waals surface area contributed by atoms with Gasteiger partial charge in [0.2, 0.25) is 11.8 Å². The quantitative estimate of drug-likeness (QED) is 0.266. The first-order valence-electron chi connectivity index (χ1n) is 9.54. The van der Waals surface area contributed by atoms with Gasteiger partial charge in [0.1, 0.15) is 11.3 Å². The maximum Gasteiger partial charge on any atom is 0.236 e. The molecule has 4 rings (SSSR count). The van der Waals surface area contributed by atoms with Gasteiger partial charge in [-0.2, -0.15) is 0 Å². The molecule has 1 aromatic heterocycles. The lowest BCUT2D eigenvalue weighted by Gasteiger charge is -2.09. The smallest absolute Gasteiger partial charge is 0.236 e. The van der Waals surface area contributed by atoms with E-state index in [1.807, 2.05) is 48.5 Å². The molecule has 0 unspecified atom stereocenters. The number of oxazole rings is 1. The molecule has 32 heavy (non-hydrogen) atoms. The van der Waals surface area contributed by atoms with E-state index in [0.717, 1.165) is 16.2 Å². The van der Waals surface area contributed by atoms with Crippen LogP contribution >= 0.6 is 35.6 Å². The largest absolute Gasteiger partial charge is 0.497 e. The van der Waals surface area contributed by atoms with Crippen LogP contribution in [-0.2, 0) is 4.79 Å². The Labute approximate surface area is 199 Å².